The first-order valence-corrected chi connectivity index (χ1v) is 31.5. The summed E-state index contributed by atoms with van der Waals surface area (Å²) in [5.74, 6) is 0.894. The van der Waals surface area contributed by atoms with Crippen LogP contribution in [0.5, 0.6) is 23.0 Å². The fourth-order valence-electron chi connectivity index (χ4n) is 14.6. The minimum Gasteiger partial charge on any atom is -0.456 e. The Kier molecular flexibility index (Phi) is 14.3. The predicted octanol–water partition coefficient (Wildman–Crippen LogP) is 18.5. The van der Waals surface area contributed by atoms with E-state index >= 15 is 0 Å². The van der Waals surface area contributed by atoms with Gasteiger partial charge in [-0.15, -0.1) is 0 Å². The van der Waals surface area contributed by atoms with Gasteiger partial charge in [-0.05, 0) is 178 Å². The van der Waals surface area contributed by atoms with Gasteiger partial charge in [0.2, 0.25) is 11.8 Å². The maximum absolute atomic E-state index is 14.2. The second kappa shape index (κ2) is 22.3. The first kappa shape index (κ1) is 58.9. The largest absolute Gasteiger partial charge is 0.456 e. The molecule has 0 fully saturated rings. The topological polar surface area (TPSA) is 118 Å². The summed E-state index contributed by atoms with van der Waals surface area (Å²) >= 11 is 0. The number of aryl methyl sites for hydroxylation is 4. The molecule has 92 heavy (non-hydrogen) atoms. The van der Waals surface area contributed by atoms with Crippen LogP contribution >= 0.6 is 0 Å². The number of para-hydroxylation sites is 2. The zero-order valence-corrected chi connectivity index (χ0v) is 53.3. The standard InChI is InChI=1S/C80H70N4O8/c1-11-78(10,54-30-34-56(35-31-54)83(52(8)85)70-46-66-72(42-50(70)6)89-74-44-58(81(12-2)68-28-20-14-22-48(68)4)38-40-64(74)79(66)62-26-18-16-24-60(62)76(87)91-79)55-32-36-57(37-33-55)84(53(9)86)71-47-67-73(43-51(71)7)90-75-45-59(82(13-3)69-29-21-15-23-49(69)5)39-41-65(75)80(67)63-27-19-17-25-61(63)77(88)92-80/h14-47H,11-13H2,1-10H3. The van der Waals surface area contributed by atoms with Gasteiger partial charge in [-0.1, -0.05) is 111 Å². The van der Waals surface area contributed by atoms with Crippen molar-refractivity contribution in [2.24, 2.45) is 0 Å². The minimum atomic E-state index is -1.38. The molecule has 0 aromatic heterocycles. The van der Waals surface area contributed by atoms with Crippen LogP contribution < -0.4 is 29.1 Å². The van der Waals surface area contributed by atoms with Gasteiger partial charge in [0.05, 0.1) is 22.5 Å². The highest BCUT2D eigenvalue weighted by molar-refractivity contribution is 6.03. The number of carbonyl (C=O) groups excluding carboxylic acids is 4. The number of amides is 2. The van der Waals surface area contributed by atoms with E-state index < -0.39 is 28.6 Å². The number of benzene rings is 10. The van der Waals surface area contributed by atoms with Gasteiger partial charge >= 0.3 is 11.9 Å². The van der Waals surface area contributed by atoms with E-state index in [0.29, 0.717) is 103 Å². The lowest BCUT2D eigenvalue weighted by molar-refractivity contribution is -0.116. The van der Waals surface area contributed by atoms with Gasteiger partial charge in [0, 0.05) is 112 Å². The molecule has 0 N–H and O–H groups in total. The van der Waals surface area contributed by atoms with Gasteiger partial charge in [0.1, 0.15) is 23.0 Å². The SMILES string of the molecule is CCN(c1ccc2c(c1)Oc1cc(C)c(N(C(C)=O)c3ccc(C(C)(CC)c4ccc(N(C(C)=O)c5cc6c(cc5C)Oc5cc(N(CC)c7ccccc7C)ccc5C65OC(=O)c6ccccc65)cc4)cc3)cc1C21OC(=O)c2ccccc21)c1ccccc1C. The van der Waals surface area contributed by atoms with Crippen molar-refractivity contribution in [1.82, 2.24) is 0 Å². The second-order valence-corrected chi connectivity index (χ2v) is 24.6. The van der Waals surface area contributed by atoms with Crippen LogP contribution in [0.1, 0.15) is 135 Å². The molecule has 10 aromatic rings. The molecule has 0 bridgehead atoms. The van der Waals surface area contributed by atoms with Crippen LogP contribution in [0.3, 0.4) is 0 Å². The van der Waals surface area contributed by atoms with Crippen LogP contribution in [0, 0.1) is 27.7 Å². The Bertz CT molecular complexity index is 4420. The van der Waals surface area contributed by atoms with Crippen LogP contribution in [0.2, 0.25) is 0 Å². The lowest BCUT2D eigenvalue weighted by atomic mass is 9.74. The Morgan fingerprint density at radius 3 is 1.12 bits per heavy atom. The number of rotatable bonds is 13. The number of esters is 2. The molecule has 2 atom stereocenters. The highest BCUT2D eigenvalue weighted by atomic mass is 16.6. The Morgan fingerprint density at radius 2 is 0.750 bits per heavy atom. The normalized spacial score (nSPS) is 16.7. The molecule has 10 aromatic carbocycles. The molecule has 12 nitrogen and oxygen atoms in total. The summed E-state index contributed by atoms with van der Waals surface area (Å²) in [5.41, 5.74) is 14.2. The van der Waals surface area contributed by atoms with Gasteiger partial charge < -0.3 is 28.7 Å². The van der Waals surface area contributed by atoms with Crippen molar-refractivity contribution in [2.45, 2.75) is 92.3 Å². The van der Waals surface area contributed by atoms with Crippen molar-refractivity contribution in [2.75, 3.05) is 32.7 Å². The number of anilines is 8. The summed E-state index contributed by atoms with van der Waals surface area (Å²) in [6, 6.07) is 67.7. The molecule has 0 saturated heterocycles. The molecule has 2 amide bonds. The predicted molar refractivity (Wildman–Crippen MR) is 362 cm³/mol. The van der Waals surface area contributed by atoms with Crippen LogP contribution in [-0.2, 0) is 35.7 Å². The van der Waals surface area contributed by atoms with E-state index in [1.54, 1.807) is 35.8 Å². The summed E-state index contributed by atoms with van der Waals surface area (Å²) < 4.78 is 27.1. The summed E-state index contributed by atoms with van der Waals surface area (Å²) in [7, 11) is 0. The quantitative estimate of drug-likeness (QED) is 0.103. The molecular formula is C80H70N4O8. The number of nitrogens with zero attached hydrogens (tertiary/aromatic N) is 4. The Hall–Kier alpha value is -10.7. The summed E-state index contributed by atoms with van der Waals surface area (Å²) in [5, 5.41) is 0. The Labute approximate surface area is 536 Å². The molecule has 2 spiro atoms. The van der Waals surface area contributed by atoms with Crippen LogP contribution in [0.25, 0.3) is 0 Å². The van der Waals surface area contributed by atoms with E-state index in [1.807, 2.05) is 147 Å². The molecular weight excluding hydrogens is 1140 g/mol. The molecule has 0 saturated carbocycles. The number of ether oxygens (including phenoxy) is 4. The van der Waals surface area contributed by atoms with E-state index in [4.69, 9.17) is 18.9 Å². The number of hydrogen-bond donors (Lipinski definition) is 0. The maximum Gasteiger partial charge on any atom is 0.340 e. The van der Waals surface area contributed by atoms with Gasteiger partial charge in [-0.3, -0.25) is 19.4 Å². The molecule has 4 heterocycles. The van der Waals surface area contributed by atoms with Crippen LogP contribution in [0.15, 0.2) is 206 Å². The average molecular weight is 1220 g/mol. The van der Waals surface area contributed by atoms with Crippen LogP contribution in [-0.4, -0.2) is 36.8 Å². The monoisotopic (exact) mass is 1210 g/mol. The molecule has 4 aliphatic heterocycles. The fraction of sp³-hybridized carbons (Fsp3) is 0.200. The Balaban J connectivity index is 0.786. The van der Waals surface area contributed by atoms with Gasteiger partial charge in [-0.2, -0.15) is 0 Å². The molecule has 12 heteroatoms. The number of fused-ring (bicyclic) bond motifs is 12. The van der Waals surface area contributed by atoms with Crippen molar-refractivity contribution in [1.29, 1.82) is 0 Å². The summed E-state index contributed by atoms with van der Waals surface area (Å²) in [6.07, 6.45) is 0.730. The molecule has 14 rings (SSSR count). The number of hydrogen-bond acceptors (Lipinski definition) is 10. The van der Waals surface area contributed by atoms with Gasteiger partial charge in [0.25, 0.3) is 0 Å². The summed E-state index contributed by atoms with van der Waals surface area (Å²) in [4.78, 5) is 64.4. The third kappa shape index (κ3) is 9.00. The first-order chi connectivity index (χ1) is 44.4. The minimum absolute atomic E-state index is 0.206. The number of carbonyl (C=O) groups is 4. The fourth-order valence-corrected chi connectivity index (χ4v) is 14.6. The first-order valence-electron chi connectivity index (χ1n) is 31.5. The molecule has 4 aliphatic rings. The van der Waals surface area contributed by atoms with Crippen LogP contribution in [0.4, 0.5) is 45.5 Å². The van der Waals surface area contributed by atoms with Crippen molar-refractivity contribution in [3.05, 3.63) is 284 Å². The van der Waals surface area contributed by atoms with Crippen molar-refractivity contribution >= 4 is 69.3 Å². The zero-order valence-electron chi connectivity index (χ0n) is 53.3. The lowest BCUT2D eigenvalue weighted by Gasteiger charge is -2.38. The molecule has 0 aliphatic carbocycles. The third-order valence-electron chi connectivity index (χ3n) is 19.4. The highest BCUT2D eigenvalue weighted by Crippen LogP contribution is 2.60. The Morgan fingerprint density at radius 1 is 0.391 bits per heavy atom. The van der Waals surface area contributed by atoms with Crippen molar-refractivity contribution < 1.29 is 38.1 Å². The summed E-state index contributed by atoms with van der Waals surface area (Å²) in [6.45, 7) is 21.2. The van der Waals surface area contributed by atoms with E-state index in [1.165, 1.54) is 0 Å². The van der Waals surface area contributed by atoms with E-state index in [9.17, 15) is 19.2 Å². The third-order valence-corrected chi connectivity index (χ3v) is 19.4. The molecule has 2 unspecified atom stereocenters. The van der Waals surface area contributed by atoms with Gasteiger partial charge in [0.15, 0.2) is 11.2 Å². The average Bonchev–Trinajstić information content (AvgIpc) is 1.43. The van der Waals surface area contributed by atoms with E-state index in [0.717, 1.165) is 62.6 Å². The molecule has 0 radical (unpaired) electrons. The van der Waals surface area contributed by atoms with E-state index in [-0.39, 0.29) is 11.8 Å². The zero-order chi connectivity index (χ0) is 64.1. The van der Waals surface area contributed by atoms with Crippen molar-refractivity contribution in [3.63, 3.8) is 0 Å². The van der Waals surface area contributed by atoms with E-state index in [2.05, 4.69) is 112 Å². The molecule has 458 valence electrons. The second-order valence-electron chi connectivity index (χ2n) is 24.6. The maximum atomic E-state index is 14.2. The van der Waals surface area contributed by atoms with Crippen molar-refractivity contribution in [3.8, 4) is 23.0 Å². The lowest BCUT2D eigenvalue weighted by Crippen LogP contribution is -2.34. The smallest absolute Gasteiger partial charge is 0.340 e. The highest BCUT2D eigenvalue weighted by Gasteiger charge is 2.56. The van der Waals surface area contributed by atoms with Gasteiger partial charge in [-0.25, -0.2) is 9.59 Å².